The molecule has 2 N–H and O–H groups in total. The van der Waals surface area contributed by atoms with E-state index < -0.39 is 29.7 Å². The van der Waals surface area contributed by atoms with Crippen LogP contribution in [0.4, 0.5) is 4.79 Å². The van der Waals surface area contributed by atoms with Crippen LogP contribution in [0, 0.1) is 0 Å². The Balaban J connectivity index is 2.91. The van der Waals surface area contributed by atoms with Crippen LogP contribution >= 0.6 is 0 Å². The van der Waals surface area contributed by atoms with Crippen LogP contribution in [0.5, 0.6) is 0 Å². The first-order valence-electron chi connectivity index (χ1n) is 3.22. The summed E-state index contributed by atoms with van der Waals surface area (Å²) in [5.74, 6) is -3.24. The predicted octanol–water partition coefficient (Wildman–Crippen LogP) is -3.95. The number of carbonyl (C=O) groups is 3. The third-order valence-electron chi connectivity index (χ3n) is 1.34. The minimum absolute atomic E-state index is 0.585. The lowest BCUT2D eigenvalue weighted by Gasteiger charge is -2.24. The number of hydrogen-bond donors (Lipinski definition) is 2. The van der Waals surface area contributed by atoms with Crippen molar-refractivity contribution in [3.05, 3.63) is 11.8 Å². The molecule has 0 saturated heterocycles. The Morgan fingerprint density at radius 2 is 2.00 bits per heavy atom. The summed E-state index contributed by atoms with van der Waals surface area (Å²) >= 11 is 0. The number of amides is 2. The van der Waals surface area contributed by atoms with Gasteiger partial charge in [0, 0.05) is 0 Å². The Hall–Kier alpha value is -2.05. The number of carboxylic acid groups (broad SMARTS) is 2. The Bertz CT molecular complexity index is 308. The number of aliphatic carboxylic acids is 2. The highest BCUT2D eigenvalue weighted by Crippen LogP contribution is 1.98. The highest BCUT2D eigenvalue weighted by atomic mass is 16.4. The molecule has 7 heteroatoms. The van der Waals surface area contributed by atoms with Gasteiger partial charge in [-0.05, 0) is 6.08 Å². The maximum Gasteiger partial charge on any atom is 0.320 e. The molecule has 0 bridgehead atoms. The summed E-state index contributed by atoms with van der Waals surface area (Å²) < 4.78 is 0. The van der Waals surface area contributed by atoms with Crippen LogP contribution in [0.1, 0.15) is 0 Å². The molecule has 0 saturated carbocycles. The van der Waals surface area contributed by atoms with Crippen LogP contribution in [0.2, 0.25) is 0 Å². The predicted molar refractivity (Wildman–Crippen MR) is 33.6 cm³/mol. The van der Waals surface area contributed by atoms with Gasteiger partial charge in [-0.15, -0.1) is 0 Å². The van der Waals surface area contributed by atoms with Gasteiger partial charge in [-0.1, -0.05) is 0 Å². The second-order valence-electron chi connectivity index (χ2n) is 2.26. The molecule has 0 aromatic carbocycles. The van der Waals surface area contributed by atoms with E-state index in [0.717, 1.165) is 6.08 Å². The van der Waals surface area contributed by atoms with Crippen molar-refractivity contribution >= 4 is 18.0 Å². The van der Waals surface area contributed by atoms with Crippen molar-refractivity contribution in [2.75, 3.05) is 0 Å². The van der Waals surface area contributed by atoms with Crippen molar-refractivity contribution in [2.45, 2.75) is 6.04 Å². The molecule has 0 unspecified atom stereocenters. The lowest BCUT2D eigenvalue weighted by atomic mass is 10.2. The van der Waals surface area contributed by atoms with Gasteiger partial charge >= 0.3 is 6.03 Å². The number of carbonyl (C=O) groups excluding carboxylic acids is 3. The first kappa shape index (κ1) is 9.04. The molecule has 13 heavy (non-hydrogen) atoms. The summed E-state index contributed by atoms with van der Waals surface area (Å²) in [6.07, 6.45) is 0.784. The van der Waals surface area contributed by atoms with E-state index >= 15 is 0 Å². The number of nitrogens with one attached hydrogen (secondary N) is 2. The summed E-state index contributed by atoms with van der Waals surface area (Å²) in [5, 5.41) is 24.3. The smallest absolute Gasteiger partial charge is 0.320 e. The van der Waals surface area contributed by atoms with Crippen molar-refractivity contribution in [1.29, 1.82) is 0 Å². The zero-order valence-corrected chi connectivity index (χ0v) is 6.20. The zero-order chi connectivity index (χ0) is 10.0. The molecular weight excluding hydrogens is 180 g/mol. The maximum absolute atomic E-state index is 10.6. The molecular formula is C6H4N2O5-2. The Labute approximate surface area is 72.0 Å². The Morgan fingerprint density at radius 3 is 2.46 bits per heavy atom. The number of urea groups is 1. The third kappa shape index (κ3) is 1.95. The molecule has 0 fully saturated rings. The molecule has 0 radical (unpaired) electrons. The SMILES string of the molecule is O=C1NC(C(=O)[O-])=C[C@H](C(=O)[O-])N1. The summed E-state index contributed by atoms with van der Waals surface area (Å²) in [5.41, 5.74) is -0.585. The summed E-state index contributed by atoms with van der Waals surface area (Å²) in [4.78, 5) is 31.1. The van der Waals surface area contributed by atoms with Gasteiger partial charge in [-0.3, -0.25) is 0 Å². The van der Waals surface area contributed by atoms with Gasteiger partial charge in [0.05, 0.1) is 23.7 Å². The van der Waals surface area contributed by atoms with Crippen molar-refractivity contribution in [2.24, 2.45) is 0 Å². The van der Waals surface area contributed by atoms with Crippen LogP contribution < -0.4 is 20.8 Å². The van der Waals surface area contributed by atoms with Gasteiger partial charge in [0.25, 0.3) is 0 Å². The lowest BCUT2D eigenvalue weighted by Crippen LogP contribution is -2.55. The summed E-state index contributed by atoms with van der Waals surface area (Å²) in [7, 11) is 0. The van der Waals surface area contributed by atoms with Gasteiger partial charge < -0.3 is 30.4 Å². The quantitative estimate of drug-likeness (QED) is 0.453. The van der Waals surface area contributed by atoms with E-state index in [4.69, 9.17) is 0 Å². The largest absolute Gasteiger partial charge is 0.548 e. The highest BCUT2D eigenvalue weighted by molar-refractivity contribution is 5.95. The number of rotatable bonds is 2. The first-order chi connectivity index (χ1) is 6.00. The van der Waals surface area contributed by atoms with Crippen LogP contribution in [0.15, 0.2) is 11.8 Å². The maximum atomic E-state index is 10.6. The molecule has 1 aliphatic heterocycles. The summed E-state index contributed by atoms with van der Waals surface area (Å²) in [6, 6.07) is -2.36. The van der Waals surface area contributed by atoms with Gasteiger partial charge in [0.15, 0.2) is 0 Å². The molecule has 1 rings (SSSR count). The van der Waals surface area contributed by atoms with E-state index in [2.05, 4.69) is 0 Å². The van der Waals surface area contributed by atoms with Crippen molar-refractivity contribution < 1.29 is 24.6 Å². The molecule has 0 aliphatic carbocycles. The van der Waals surface area contributed by atoms with Crippen LogP contribution in [-0.4, -0.2) is 24.0 Å². The second-order valence-corrected chi connectivity index (χ2v) is 2.26. The fraction of sp³-hybridized carbons (Fsp3) is 0.167. The Morgan fingerprint density at radius 1 is 1.38 bits per heavy atom. The number of hydrogen-bond acceptors (Lipinski definition) is 5. The topological polar surface area (TPSA) is 121 Å². The van der Waals surface area contributed by atoms with E-state index in [1.807, 2.05) is 10.6 Å². The highest BCUT2D eigenvalue weighted by Gasteiger charge is 2.18. The van der Waals surface area contributed by atoms with E-state index in [-0.39, 0.29) is 0 Å². The first-order valence-corrected chi connectivity index (χ1v) is 3.22. The molecule has 70 valence electrons. The molecule has 0 spiro atoms. The zero-order valence-electron chi connectivity index (χ0n) is 6.20. The van der Waals surface area contributed by atoms with Crippen molar-refractivity contribution in [3.8, 4) is 0 Å². The fourth-order valence-electron chi connectivity index (χ4n) is 0.796. The van der Waals surface area contributed by atoms with Crippen molar-refractivity contribution in [3.63, 3.8) is 0 Å². The van der Waals surface area contributed by atoms with Gasteiger partial charge in [-0.2, -0.15) is 0 Å². The van der Waals surface area contributed by atoms with Gasteiger partial charge in [0.1, 0.15) is 0 Å². The normalized spacial score (nSPS) is 21.1. The number of carboxylic acids is 2. The minimum Gasteiger partial charge on any atom is -0.548 e. The molecule has 1 atom stereocenters. The van der Waals surface area contributed by atoms with E-state index in [9.17, 15) is 24.6 Å². The van der Waals surface area contributed by atoms with Crippen LogP contribution in [0.3, 0.4) is 0 Å². The van der Waals surface area contributed by atoms with E-state index in [1.54, 1.807) is 0 Å². The molecule has 1 aliphatic rings. The third-order valence-corrected chi connectivity index (χ3v) is 1.34. The average Bonchev–Trinajstić information content (AvgIpc) is 2.03. The van der Waals surface area contributed by atoms with E-state index in [0.29, 0.717) is 0 Å². The molecule has 0 aromatic rings. The van der Waals surface area contributed by atoms with E-state index in [1.165, 1.54) is 0 Å². The lowest BCUT2D eigenvalue weighted by molar-refractivity contribution is -0.306. The van der Waals surface area contributed by atoms with Crippen molar-refractivity contribution in [1.82, 2.24) is 10.6 Å². The van der Waals surface area contributed by atoms with Crippen LogP contribution in [-0.2, 0) is 9.59 Å². The van der Waals surface area contributed by atoms with Gasteiger partial charge in [0.2, 0.25) is 0 Å². The summed E-state index contributed by atoms with van der Waals surface area (Å²) in [6.45, 7) is 0. The van der Waals surface area contributed by atoms with Gasteiger partial charge in [-0.25, -0.2) is 4.79 Å². The second kappa shape index (κ2) is 3.13. The molecule has 0 aromatic heterocycles. The minimum atomic E-state index is -1.65. The Kier molecular flexibility index (Phi) is 2.18. The fourth-order valence-corrected chi connectivity index (χ4v) is 0.796. The monoisotopic (exact) mass is 184 g/mol. The van der Waals surface area contributed by atoms with Crippen LogP contribution in [0.25, 0.3) is 0 Å². The average molecular weight is 184 g/mol. The molecule has 7 nitrogen and oxygen atoms in total. The molecule has 1 heterocycles. The standard InChI is InChI=1S/C6H6N2O5/c9-4(10)2-1-3(5(11)12)8-6(13)7-2/h1-2H,(H,9,10)(H,11,12)(H2,7,8,13)/p-2/t2-/m1/s1. The molecule has 2 amide bonds.